The van der Waals surface area contributed by atoms with Crippen LogP contribution in [0.3, 0.4) is 0 Å². The van der Waals surface area contributed by atoms with E-state index in [1.807, 2.05) is 0 Å². The molecule has 35 N–H and O–H groups in total. The summed E-state index contributed by atoms with van der Waals surface area (Å²) in [6.45, 7) is 9.45. The number of aliphatic hydroxyl groups is 1. The summed E-state index contributed by atoms with van der Waals surface area (Å²) in [5.41, 5.74) is 48.3. The maximum Gasteiger partial charge on any atom is 0.338 e. The number of amides is 9. The molecular weight excluding hydrogens is 1180 g/mol. The Morgan fingerprint density at radius 2 is 0.811 bits per heavy atom. The van der Waals surface area contributed by atoms with Crippen molar-refractivity contribution in [3.05, 3.63) is 29.8 Å². The molecule has 1 aromatic carbocycles. The van der Waals surface area contributed by atoms with E-state index < -0.39 is 144 Å². The lowest BCUT2D eigenvalue weighted by molar-refractivity contribution is -0.460. The molecule has 506 valence electrons. The zero-order chi connectivity index (χ0) is 68.2. The summed E-state index contributed by atoms with van der Waals surface area (Å²) < 4.78 is 0. The number of phenols is 1. The summed E-state index contributed by atoms with van der Waals surface area (Å²) in [4.78, 5) is 149. The number of guanidine groups is 4. The lowest BCUT2D eigenvalue weighted by Crippen LogP contribution is -2.78. The summed E-state index contributed by atoms with van der Waals surface area (Å²) in [5.74, 6) is -10.9. The Morgan fingerprint density at radius 1 is 0.467 bits per heavy atom. The number of phenolic OH excluding ortho intramolecular Hbond substituents is 1. The van der Waals surface area contributed by atoms with Crippen LogP contribution in [0, 0.1) is 17.8 Å². The van der Waals surface area contributed by atoms with Gasteiger partial charge in [-0.25, -0.2) is 4.79 Å². The van der Waals surface area contributed by atoms with Crippen molar-refractivity contribution < 1.29 is 89.0 Å². The van der Waals surface area contributed by atoms with Gasteiger partial charge in [-0.15, -0.1) is 0 Å². The maximum atomic E-state index is 14.5. The standard InChI is InChI=1S/C55H98N22O13/c1-7-29(5)41(77-46(84)36(15-11-23-67-54(61)62)73-50(88)42(30(6)8-2)76-45(83)35(14-10-22-66-53(59)60)71-43(81)33(56)27-78)49(87)72-34(13-9-21-65-52(57)58)44(82)69-26-39(80)70-38(25-31-17-19-32(79)20-18-31)47(85)75-40(28(3)4)48(86)74-37(51(89)90)16-12-24-68-55(63)64/h17-20,28-30,33-38,40-42,78-79H,7-16,21-27,56H2,1-6H3,(H,69,82)(H,70,80)(H,71,81)(H,72,87)(H,73,88)(H,74,86)(H,75,85)(H,76,83)(H,77,84)(H,89,90)(H4,57,58,65)(H4,59,60,66)(H4,61,62,67)(H4,63,64,68)/p+5/t29-,30-,33-,34-,35-,36-,37-,38-,40-,41-,42-/m0/s1. The molecule has 0 saturated heterocycles. The van der Waals surface area contributed by atoms with Crippen molar-refractivity contribution in [2.45, 2.75) is 167 Å². The monoisotopic (exact) mass is 1280 g/mol. The largest absolute Gasteiger partial charge is 0.508 e. The van der Waals surface area contributed by atoms with Gasteiger partial charge in [0.15, 0.2) is 6.04 Å². The smallest absolute Gasteiger partial charge is 0.338 e. The highest BCUT2D eigenvalue weighted by Gasteiger charge is 2.37. The average Bonchev–Trinajstić information content (AvgIpc) is 1.99. The highest BCUT2D eigenvalue weighted by molar-refractivity contribution is 5.98. The first kappa shape index (κ1) is 78.7. The van der Waals surface area contributed by atoms with Crippen molar-refractivity contribution in [1.29, 1.82) is 0 Å². The van der Waals surface area contributed by atoms with Gasteiger partial charge >= 0.3 is 29.8 Å². The number of aromatic hydroxyl groups is 1. The van der Waals surface area contributed by atoms with E-state index in [9.17, 15) is 63.3 Å². The van der Waals surface area contributed by atoms with Gasteiger partial charge in [-0.2, -0.15) is 0 Å². The third-order valence-corrected chi connectivity index (χ3v) is 14.4. The minimum Gasteiger partial charge on any atom is -0.508 e. The van der Waals surface area contributed by atoms with Crippen molar-refractivity contribution >= 4 is 83.0 Å². The van der Waals surface area contributed by atoms with E-state index in [0.29, 0.717) is 18.4 Å². The highest BCUT2D eigenvalue weighted by Crippen LogP contribution is 2.15. The average molecular weight is 1280 g/mol. The molecular formula is C55H103N22O13+5. The summed E-state index contributed by atoms with van der Waals surface area (Å²) in [5, 5.41) is 52.9. The van der Waals surface area contributed by atoms with Crippen LogP contribution in [0.15, 0.2) is 24.3 Å². The van der Waals surface area contributed by atoms with Gasteiger partial charge in [0.1, 0.15) is 60.7 Å². The first-order chi connectivity index (χ1) is 42.3. The van der Waals surface area contributed by atoms with E-state index >= 15 is 0 Å². The molecule has 1 rings (SSSR count). The molecule has 0 aliphatic heterocycles. The van der Waals surface area contributed by atoms with E-state index in [1.165, 1.54) is 24.3 Å². The van der Waals surface area contributed by atoms with Gasteiger partial charge in [0.2, 0.25) is 47.3 Å². The molecule has 0 spiro atoms. The van der Waals surface area contributed by atoms with Gasteiger partial charge in [0.05, 0.1) is 32.7 Å². The van der Waals surface area contributed by atoms with E-state index in [2.05, 4.69) is 73.6 Å². The van der Waals surface area contributed by atoms with Crippen LogP contribution in [-0.2, 0) is 54.4 Å². The number of rotatable bonds is 43. The molecule has 35 heteroatoms. The van der Waals surface area contributed by atoms with E-state index in [1.54, 1.807) is 41.5 Å². The Morgan fingerprint density at radius 3 is 1.18 bits per heavy atom. The fraction of sp³-hybridized carbons (Fsp3) is 0.636. The van der Waals surface area contributed by atoms with E-state index in [-0.39, 0.29) is 114 Å². The van der Waals surface area contributed by atoms with E-state index in [0.717, 1.165) is 0 Å². The van der Waals surface area contributed by atoms with Crippen LogP contribution in [0.25, 0.3) is 0 Å². The van der Waals surface area contributed by atoms with Crippen molar-refractivity contribution in [1.82, 2.24) is 47.9 Å². The summed E-state index contributed by atoms with van der Waals surface area (Å²) in [7, 11) is 0. The molecule has 0 aromatic heterocycles. The molecule has 0 aliphatic rings. The third-order valence-electron chi connectivity index (χ3n) is 14.4. The number of nitrogens with two attached hydrogens (primary N) is 8. The number of carbonyl (C=O) groups is 10. The van der Waals surface area contributed by atoms with Crippen LogP contribution >= 0.6 is 0 Å². The van der Waals surface area contributed by atoms with Crippen molar-refractivity contribution in [3.63, 3.8) is 0 Å². The predicted octanol–water partition coefficient (Wildman–Crippen LogP) is -15.1. The molecule has 0 aliphatic carbocycles. The quantitative estimate of drug-likeness (QED) is 0.0164. The number of benzene rings is 1. The Balaban J connectivity index is 3.60. The van der Waals surface area contributed by atoms with Crippen molar-refractivity contribution in [2.75, 3.05) is 39.3 Å². The topological polar surface area (TPSA) is 631 Å². The second-order valence-electron chi connectivity index (χ2n) is 22.2. The number of aliphatic carboxylic acids is 1. The van der Waals surface area contributed by atoms with Crippen LogP contribution < -0.4 is 119 Å². The number of hydrogen-bond donors (Lipinski definition) is 25. The molecule has 0 saturated carbocycles. The van der Waals surface area contributed by atoms with Gasteiger partial charge in [-0.05, 0) is 86.8 Å². The number of nitrogens with one attached hydrogen (secondary N) is 13. The minimum absolute atomic E-state index is 0.0228. The van der Waals surface area contributed by atoms with Gasteiger partial charge in [0.25, 0.3) is 5.91 Å². The van der Waals surface area contributed by atoms with Crippen LogP contribution in [0.1, 0.15) is 111 Å². The molecule has 0 radical (unpaired) electrons. The lowest BCUT2D eigenvalue weighted by atomic mass is 9.95. The normalized spacial score (nSPS) is 14.6. The fourth-order valence-electron chi connectivity index (χ4n) is 8.69. The fourth-order valence-corrected chi connectivity index (χ4v) is 8.69. The predicted molar refractivity (Wildman–Crippen MR) is 329 cm³/mol. The number of quaternary nitrogens is 1. The molecule has 0 fully saturated rings. The van der Waals surface area contributed by atoms with Gasteiger partial charge in [0, 0.05) is 6.42 Å². The number of carbonyl (C=O) groups excluding carboxylic acids is 9. The van der Waals surface area contributed by atoms with Crippen LogP contribution in [0.2, 0.25) is 0 Å². The van der Waals surface area contributed by atoms with Crippen molar-refractivity contribution in [3.8, 4) is 5.75 Å². The number of aliphatic hydroxyl groups excluding tert-OH is 1. The first-order valence-electron chi connectivity index (χ1n) is 30.0. The zero-order valence-corrected chi connectivity index (χ0v) is 52.5. The minimum atomic E-state index is -1.42. The molecule has 9 amide bonds. The zero-order valence-electron chi connectivity index (χ0n) is 52.5. The molecule has 1 aromatic rings. The second-order valence-corrected chi connectivity index (χ2v) is 22.2. The summed E-state index contributed by atoms with van der Waals surface area (Å²) >= 11 is 0. The Kier molecular flexibility index (Phi) is 36.6. The molecule has 0 unspecified atom stereocenters. The third kappa shape index (κ3) is 31.1. The molecule has 11 atom stereocenters. The van der Waals surface area contributed by atoms with Crippen LogP contribution in [0.5, 0.6) is 5.75 Å². The summed E-state index contributed by atoms with van der Waals surface area (Å²) in [6.07, 6.45) is 1.24. The Labute approximate surface area is 523 Å². The molecule has 90 heavy (non-hydrogen) atoms. The number of carboxylic acid groups (broad SMARTS) is 1. The van der Waals surface area contributed by atoms with Gasteiger partial charge in [-0.1, -0.05) is 66.5 Å². The van der Waals surface area contributed by atoms with Crippen LogP contribution in [-0.4, -0.2) is 192 Å². The highest BCUT2D eigenvalue weighted by atomic mass is 16.4. The second kappa shape index (κ2) is 41.8. The molecule has 0 bridgehead atoms. The Bertz CT molecular complexity index is 2630. The summed E-state index contributed by atoms with van der Waals surface area (Å²) in [6, 6.07) is -6.09. The van der Waals surface area contributed by atoms with Gasteiger partial charge < -0.3 is 68.9 Å². The van der Waals surface area contributed by atoms with Crippen LogP contribution in [0.4, 0.5) is 0 Å². The number of carboxylic acids is 1. The number of hydrogen-bond acceptors (Lipinski definition) is 12. The van der Waals surface area contributed by atoms with Crippen molar-refractivity contribution in [2.24, 2.45) is 63.6 Å². The Hall–Kier alpha value is -9.28. The maximum absolute atomic E-state index is 14.5. The first-order valence-corrected chi connectivity index (χ1v) is 30.0. The van der Waals surface area contributed by atoms with Gasteiger partial charge in [-0.3, -0.25) is 109 Å². The van der Waals surface area contributed by atoms with E-state index in [4.69, 9.17) is 45.9 Å². The lowest BCUT2D eigenvalue weighted by Gasteiger charge is -2.30. The molecule has 35 nitrogen and oxygen atoms in total. The molecule has 0 heterocycles. The SMILES string of the molecule is CC[C@H](C)[C@H](NC(=O)[C@H](CCC[NH+]=C(N)N)NC(=O)[C@@H](NC(=O)[C@H](CCC[NH+]=C(N)N)NC(=O)[C@@H]([NH3+])CO)[C@@H](C)CC)C(=O)N[C@@H](CCC[NH+]=C(N)N)C(=O)NCC(=O)N[C@@H](Cc1ccc(O)cc1)C(=O)N[C@H](C(=O)N[C@@H](CCC[NH+]=C(N)N)C(=O)O)C(C)C.